The van der Waals surface area contributed by atoms with Gasteiger partial charge in [0, 0.05) is 28.2 Å². The molecule has 0 aliphatic heterocycles. The van der Waals surface area contributed by atoms with Gasteiger partial charge in [-0.15, -0.1) is 10.2 Å². The van der Waals surface area contributed by atoms with Crippen LogP contribution in [0.3, 0.4) is 0 Å². The molecule has 2 aromatic heterocycles. The van der Waals surface area contributed by atoms with Crippen LogP contribution >= 0.6 is 35.0 Å². The second kappa shape index (κ2) is 7.72. The molecule has 0 saturated heterocycles. The van der Waals surface area contributed by atoms with E-state index in [-0.39, 0.29) is 0 Å². The van der Waals surface area contributed by atoms with Crippen LogP contribution in [0.2, 0.25) is 10.0 Å². The zero-order valence-electron chi connectivity index (χ0n) is 14.1. The predicted molar refractivity (Wildman–Crippen MR) is 106 cm³/mol. The third-order valence-corrected chi connectivity index (χ3v) is 5.31. The van der Waals surface area contributed by atoms with Gasteiger partial charge < -0.3 is 9.09 Å². The second-order valence-corrected chi connectivity index (χ2v) is 7.50. The van der Waals surface area contributed by atoms with Gasteiger partial charge in [-0.1, -0.05) is 52.3 Å². The van der Waals surface area contributed by atoms with E-state index in [9.17, 15) is 0 Å². The summed E-state index contributed by atoms with van der Waals surface area (Å²) in [5, 5.41) is 14.6. The van der Waals surface area contributed by atoms with Crippen molar-refractivity contribution in [2.24, 2.45) is 7.05 Å². The summed E-state index contributed by atoms with van der Waals surface area (Å²) in [5.74, 6) is 2.26. The summed E-state index contributed by atoms with van der Waals surface area (Å²) < 4.78 is 7.25. The minimum Gasteiger partial charge on any atom is -0.338 e. The highest BCUT2D eigenvalue weighted by atomic mass is 35.5. The summed E-state index contributed by atoms with van der Waals surface area (Å²) in [6.45, 7) is 0. The van der Waals surface area contributed by atoms with E-state index in [4.69, 9.17) is 27.7 Å². The van der Waals surface area contributed by atoms with Gasteiger partial charge in [-0.2, -0.15) is 4.98 Å². The standard InChI is InChI=1S/C18H13Cl2N5OS/c1-25-17(11-5-7-13(19)8-6-11)22-23-18(25)27-10-15-21-16(24-26-15)12-3-2-4-14(20)9-12/h2-9H,10H2,1H3. The SMILES string of the molecule is Cn1c(SCc2nc(-c3cccc(Cl)c3)no2)nnc1-c1ccc(Cl)cc1. The van der Waals surface area contributed by atoms with Crippen LogP contribution in [-0.2, 0) is 12.8 Å². The number of halogens is 2. The Kier molecular flexibility index (Phi) is 5.15. The summed E-state index contributed by atoms with van der Waals surface area (Å²) in [6.07, 6.45) is 0. The van der Waals surface area contributed by atoms with Crippen LogP contribution in [0.15, 0.2) is 58.2 Å². The fraction of sp³-hybridized carbons (Fsp3) is 0.111. The topological polar surface area (TPSA) is 69.6 Å². The van der Waals surface area contributed by atoms with Crippen molar-refractivity contribution >= 4 is 35.0 Å². The Morgan fingerprint density at radius 3 is 2.59 bits per heavy atom. The Morgan fingerprint density at radius 2 is 1.81 bits per heavy atom. The molecule has 2 heterocycles. The van der Waals surface area contributed by atoms with Crippen LogP contribution in [0.1, 0.15) is 5.89 Å². The lowest BCUT2D eigenvalue weighted by Gasteiger charge is -2.03. The van der Waals surface area contributed by atoms with Crippen LogP contribution in [-0.4, -0.2) is 24.9 Å². The highest BCUT2D eigenvalue weighted by Gasteiger charge is 2.14. The maximum Gasteiger partial charge on any atom is 0.237 e. The molecule has 0 N–H and O–H groups in total. The zero-order valence-corrected chi connectivity index (χ0v) is 16.5. The van der Waals surface area contributed by atoms with Crippen molar-refractivity contribution in [1.29, 1.82) is 0 Å². The summed E-state index contributed by atoms with van der Waals surface area (Å²) >= 11 is 13.4. The van der Waals surface area contributed by atoms with Crippen molar-refractivity contribution in [2.45, 2.75) is 10.9 Å². The molecule has 4 aromatic rings. The van der Waals surface area contributed by atoms with Crippen LogP contribution in [0.4, 0.5) is 0 Å². The average Bonchev–Trinajstić information content (AvgIpc) is 3.28. The third kappa shape index (κ3) is 4.00. The van der Waals surface area contributed by atoms with Gasteiger partial charge in [-0.05, 0) is 36.4 Å². The Morgan fingerprint density at radius 1 is 1.00 bits per heavy atom. The molecule has 4 rings (SSSR count). The molecular weight excluding hydrogens is 405 g/mol. The normalized spacial score (nSPS) is 11.1. The van der Waals surface area contributed by atoms with Gasteiger partial charge in [0.05, 0.1) is 5.75 Å². The first kappa shape index (κ1) is 18.0. The monoisotopic (exact) mass is 417 g/mol. The van der Waals surface area contributed by atoms with E-state index in [1.807, 2.05) is 48.0 Å². The van der Waals surface area contributed by atoms with Crippen molar-refractivity contribution < 1.29 is 4.52 Å². The molecule has 0 radical (unpaired) electrons. The quantitative estimate of drug-likeness (QED) is 0.419. The number of rotatable bonds is 5. The van der Waals surface area contributed by atoms with E-state index < -0.39 is 0 Å². The Bertz CT molecular complexity index is 1080. The number of hydrogen-bond donors (Lipinski definition) is 0. The van der Waals surface area contributed by atoms with Crippen LogP contribution in [0.5, 0.6) is 0 Å². The molecule has 6 nitrogen and oxygen atoms in total. The van der Waals surface area contributed by atoms with Crippen molar-refractivity contribution in [3.63, 3.8) is 0 Å². The minimum atomic E-state index is 0.486. The number of thioether (sulfide) groups is 1. The highest BCUT2D eigenvalue weighted by molar-refractivity contribution is 7.98. The Labute approximate surface area is 169 Å². The highest BCUT2D eigenvalue weighted by Crippen LogP contribution is 2.27. The fourth-order valence-corrected chi connectivity index (χ4v) is 3.54. The van der Waals surface area contributed by atoms with Gasteiger partial charge in [0.25, 0.3) is 0 Å². The van der Waals surface area contributed by atoms with E-state index in [1.165, 1.54) is 11.8 Å². The van der Waals surface area contributed by atoms with Crippen molar-refractivity contribution in [3.05, 3.63) is 64.5 Å². The Hall–Kier alpha value is -2.35. The first-order valence-electron chi connectivity index (χ1n) is 7.97. The number of benzene rings is 2. The molecule has 0 spiro atoms. The molecular formula is C18H13Cl2N5OS. The maximum atomic E-state index is 6.01. The largest absolute Gasteiger partial charge is 0.338 e. The lowest BCUT2D eigenvalue weighted by atomic mass is 10.2. The lowest BCUT2D eigenvalue weighted by molar-refractivity contribution is 0.391. The number of aromatic nitrogens is 5. The molecule has 0 saturated carbocycles. The molecule has 0 bridgehead atoms. The fourth-order valence-electron chi connectivity index (χ4n) is 2.48. The smallest absolute Gasteiger partial charge is 0.237 e. The molecule has 27 heavy (non-hydrogen) atoms. The lowest BCUT2D eigenvalue weighted by Crippen LogP contribution is -1.95. The van der Waals surface area contributed by atoms with Crippen LogP contribution in [0.25, 0.3) is 22.8 Å². The van der Waals surface area contributed by atoms with Crippen molar-refractivity contribution in [1.82, 2.24) is 24.9 Å². The molecule has 0 aliphatic rings. The van der Waals surface area contributed by atoms with Gasteiger partial charge in [0.15, 0.2) is 11.0 Å². The minimum absolute atomic E-state index is 0.486. The predicted octanol–water partition coefficient (Wildman–Crippen LogP) is 5.13. The molecule has 136 valence electrons. The van der Waals surface area contributed by atoms with E-state index in [2.05, 4.69) is 20.3 Å². The first-order valence-corrected chi connectivity index (χ1v) is 9.71. The van der Waals surface area contributed by atoms with Gasteiger partial charge >= 0.3 is 0 Å². The van der Waals surface area contributed by atoms with E-state index in [0.717, 1.165) is 22.1 Å². The van der Waals surface area contributed by atoms with E-state index >= 15 is 0 Å². The zero-order chi connectivity index (χ0) is 18.8. The van der Waals surface area contributed by atoms with E-state index in [1.54, 1.807) is 12.1 Å². The molecule has 2 aromatic carbocycles. The van der Waals surface area contributed by atoms with Gasteiger partial charge in [-0.3, -0.25) is 0 Å². The molecule has 0 atom stereocenters. The van der Waals surface area contributed by atoms with Crippen LogP contribution in [0, 0.1) is 0 Å². The van der Waals surface area contributed by atoms with Gasteiger partial charge in [0.1, 0.15) is 0 Å². The molecule has 9 heteroatoms. The number of hydrogen-bond acceptors (Lipinski definition) is 6. The molecule has 0 aliphatic carbocycles. The first-order chi connectivity index (χ1) is 13.1. The summed E-state index contributed by atoms with van der Waals surface area (Å²) in [6, 6.07) is 14.8. The summed E-state index contributed by atoms with van der Waals surface area (Å²) in [4.78, 5) is 4.41. The summed E-state index contributed by atoms with van der Waals surface area (Å²) in [5.41, 5.74) is 1.76. The molecule has 0 unspecified atom stereocenters. The summed E-state index contributed by atoms with van der Waals surface area (Å²) in [7, 11) is 1.91. The Balaban J connectivity index is 1.47. The van der Waals surface area contributed by atoms with Gasteiger partial charge in [0.2, 0.25) is 11.7 Å². The van der Waals surface area contributed by atoms with Crippen molar-refractivity contribution in [2.75, 3.05) is 0 Å². The molecule has 0 fully saturated rings. The number of nitrogens with zero attached hydrogens (tertiary/aromatic N) is 5. The average molecular weight is 418 g/mol. The van der Waals surface area contributed by atoms with Crippen molar-refractivity contribution in [3.8, 4) is 22.8 Å². The second-order valence-electron chi connectivity index (χ2n) is 5.68. The van der Waals surface area contributed by atoms with Gasteiger partial charge in [-0.25, -0.2) is 0 Å². The maximum absolute atomic E-state index is 6.01. The van der Waals surface area contributed by atoms with Crippen LogP contribution < -0.4 is 0 Å². The molecule has 0 amide bonds. The van der Waals surface area contributed by atoms with E-state index in [0.29, 0.717) is 27.5 Å². The third-order valence-electron chi connectivity index (χ3n) is 3.81.